The van der Waals surface area contributed by atoms with Crippen LogP contribution < -0.4 is 10.9 Å². The van der Waals surface area contributed by atoms with Gasteiger partial charge in [0.1, 0.15) is 10.8 Å². The van der Waals surface area contributed by atoms with Gasteiger partial charge in [0.05, 0.1) is 23.6 Å². The molecule has 0 aliphatic carbocycles. The van der Waals surface area contributed by atoms with Gasteiger partial charge in [-0.3, -0.25) is 9.59 Å². The van der Waals surface area contributed by atoms with E-state index in [1.165, 1.54) is 24.3 Å². The van der Waals surface area contributed by atoms with Gasteiger partial charge in [-0.15, -0.1) is 11.3 Å². The summed E-state index contributed by atoms with van der Waals surface area (Å²) >= 11 is 1.13. The fraction of sp³-hybridized carbons (Fsp3) is 0.200. The molecule has 34 heavy (non-hydrogen) atoms. The Balaban J connectivity index is 1.84. The maximum absolute atomic E-state index is 13.4. The largest absolute Gasteiger partial charge is 0.461 e. The Kier molecular flexibility index (Phi) is 6.83. The summed E-state index contributed by atoms with van der Waals surface area (Å²) in [4.78, 5) is 39.2. The monoisotopic (exact) mass is 479 g/mol. The lowest BCUT2D eigenvalue weighted by molar-refractivity contribution is -0.117. The molecular weight excluding hydrogens is 457 g/mol. The fourth-order valence-electron chi connectivity index (χ4n) is 3.71. The van der Waals surface area contributed by atoms with Gasteiger partial charge in [0.15, 0.2) is 5.69 Å². The third-order valence-corrected chi connectivity index (χ3v) is 6.25. The van der Waals surface area contributed by atoms with Crippen LogP contribution >= 0.6 is 11.3 Å². The lowest BCUT2D eigenvalue weighted by atomic mass is 9.96. The van der Waals surface area contributed by atoms with E-state index >= 15 is 0 Å². The van der Waals surface area contributed by atoms with Crippen molar-refractivity contribution in [2.45, 2.75) is 26.2 Å². The van der Waals surface area contributed by atoms with E-state index in [1.54, 1.807) is 12.3 Å². The van der Waals surface area contributed by atoms with Crippen LogP contribution in [-0.4, -0.2) is 28.3 Å². The lowest BCUT2D eigenvalue weighted by Gasteiger charge is -2.15. The van der Waals surface area contributed by atoms with Crippen molar-refractivity contribution in [2.75, 3.05) is 11.9 Å². The molecule has 0 aliphatic heterocycles. The Labute approximate surface area is 198 Å². The van der Waals surface area contributed by atoms with E-state index in [0.29, 0.717) is 11.4 Å². The molecule has 0 aliphatic rings. The molecule has 2 aromatic carbocycles. The normalized spacial score (nSPS) is 11.9. The fourth-order valence-corrected chi connectivity index (χ4v) is 4.65. The Morgan fingerprint density at radius 1 is 1.12 bits per heavy atom. The van der Waals surface area contributed by atoms with Gasteiger partial charge in [0.2, 0.25) is 5.91 Å². The molecule has 7 nitrogen and oxygen atoms in total. The van der Waals surface area contributed by atoms with Crippen LogP contribution in [0.4, 0.5) is 9.39 Å². The highest BCUT2D eigenvalue weighted by atomic mass is 32.1. The number of rotatable bonds is 7. The molecule has 4 aromatic rings. The number of carbonyl (C=O) groups is 2. The molecule has 174 valence electrons. The van der Waals surface area contributed by atoms with E-state index in [0.717, 1.165) is 21.6 Å². The first-order valence-electron chi connectivity index (χ1n) is 10.8. The first-order chi connectivity index (χ1) is 16.4. The van der Waals surface area contributed by atoms with Crippen LogP contribution in [0.25, 0.3) is 16.5 Å². The van der Waals surface area contributed by atoms with Crippen LogP contribution in [0.3, 0.4) is 0 Å². The first kappa shape index (κ1) is 23.3. The number of thiophene rings is 1. The summed E-state index contributed by atoms with van der Waals surface area (Å²) in [6.45, 7) is 3.70. The minimum Gasteiger partial charge on any atom is -0.461 e. The molecule has 0 saturated carbocycles. The molecule has 0 unspecified atom stereocenters. The highest BCUT2D eigenvalue weighted by Crippen LogP contribution is 2.32. The summed E-state index contributed by atoms with van der Waals surface area (Å²) in [6, 6.07) is 14.5. The zero-order chi connectivity index (χ0) is 24.2. The van der Waals surface area contributed by atoms with E-state index in [1.807, 2.05) is 37.3 Å². The molecule has 4 rings (SSSR count). The minimum atomic E-state index is -0.699. The van der Waals surface area contributed by atoms with E-state index in [4.69, 9.17) is 4.74 Å². The third-order valence-electron chi connectivity index (χ3n) is 5.36. The molecule has 0 spiro atoms. The van der Waals surface area contributed by atoms with Crippen molar-refractivity contribution in [3.8, 4) is 5.69 Å². The van der Waals surface area contributed by atoms with Gasteiger partial charge < -0.3 is 10.1 Å². The van der Waals surface area contributed by atoms with E-state index in [-0.39, 0.29) is 34.7 Å². The molecular formula is C25H22FN3O4S. The number of carbonyl (C=O) groups excluding carboxylic acids is 2. The average molecular weight is 480 g/mol. The summed E-state index contributed by atoms with van der Waals surface area (Å²) in [5, 5.41) is 9.42. The van der Waals surface area contributed by atoms with Gasteiger partial charge in [-0.05, 0) is 43.2 Å². The quantitative estimate of drug-likeness (QED) is 0.381. The van der Waals surface area contributed by atoms with E-state index < -0.39 is 23.3 Å². The lowest BCUT2D eigenvalue weighted by Crippen LogP contribution is -2.26. The second-order valence-corrected chi connectivity index (χ2v) is 8.36. The standard InChI is InChI=1S/C25H22FN3O4S/c1-3-18(15-8-6-5-7-9-15)22(30)27-23-20-19(14-34-23)21(25(32)33-4-2)28-29(24(20)31)17-12-10-16(26)11-13-17/h5-14,18H,3-4H2,1-2H3,(H,27,30)/t18-/m1/s1. The first-order valence-corrected chi connectivity index (χ1v) is 11.7. The highest BCUT2D eigenvalue weighted by molar-refractivity contribution is 7.16. The smallest absolute Gasteiger partial charge is 0.359 e. The summed E-state index contributed by atoms with van der Waals surface area (Å²) in [6.07, 6.45) is 0.564. The van der Waals surface area contributed by atoms with Gasteiger partial charge >= 0.3 is 5.97 Å². The van der Waals surface area contributed by atoms with E-state index in [9.17, 15) is 18.8 Å². The van der Waals surface area contributed by atoms with Crippen LogP contribution in [0.15, 0.2) is 64.8 Å². The maximum Gasteiger partial charge on any atom is 0.359 e. The van der Waals surface area contributed by atoms with Crippen molar-refractivity contribution in [3.05, 3.63) is 87.4 Å². The summed E-state index contributed by atoms with van der Waals surface area (Å²) in [5.74, 6) is -1.85. The van der Waals surface area contributed by atoms with Crippen LogP contribution in [-0.2, 0) is 9.53 Å². The van der Waals surface area contributed by atoms with Gasteiger partial charge in [0.25, 0.3) is 5.56 Å². The topological polar surface area (TPSA) is 90.3 Å². The minimum absolute atomic E-state index is 0.0624. The zero-order valence-electron chi connectivity index (χ0n) is 18.6. The van der Waals surface area contributed by atoms with Crippen LogP contribution in [0.1, 0.15) is 42.2 Å². The Morgan fingerprint density at radius 2 is 1.82 bits per heavy atom. The summed E-state index contributed by atoms with van der Waals surface area (Å²) < 4.78 is 19.6. The van der Waals surface area contributed by atoms with Crippen molar-refractivity contribution in [2.24, 2.45) is 0 Å². The van der Waals surface area contributed by atoms with Crippen LogP contribution in [0, 0.1) is 5.82 Å². The Morgan fingerprint density at radius 3 is 2.47 bits per heavy atom. The van der Waals surface area contributed by atoms with Gasteiger partial charge in [-0.2, -0.15) is 9.78 Å². The average Bonchev–Trinajstić information content (AvgIpc) is 3.25. The number of ether oxygens (including phenoxy) is 1. The molecule has 1 atom stereocenters. The molecule has 1 amide bonds. The number of fused-ring (bicyclic) bond motifs is 1. The molecule has 0 radical (unpaired) electrons. The predicted octanol–water partition coefficient (Wildman–Crippen LogP) is 4.90. The maximum atomic E-state index is 13.4. The molecule has 1 N–H and O–H groups in total. The van der Waals surface area contributed by atoms with Gasteiger partial charge in [0, 0.05) is 10.8 Å². The number of amides is 1. The molecule has 2 heterocycles. The number of aromatic nitrogens is 2. The molecule has 9 heteroatoms. The van der Waals surface area contributed by atoms with E-state index in [2.05, 4.69) is 10.4 Å². The Bertz CT molecular complexity index is 1400. The van der Waals surface area contributed by atoms with Crippen molar-refractivity contribution in [3.63, 3.8) is 0 Å². The summed E-state index contributed by atoms with van der Waals surface area (Å²) in [7, 11) is 0. The van der Waals surface area contributed by atoms with Gasteiger partial charge in [-0.1, -0.05) is 37.3 Å². The number of nitrogens with zero attached hydrogens (tertiary/aromatic N) is 2. The number of halogens is 1. The van der Waals surface area contributed by atoms with Crippen molar-refractivity contribution < 1.29 is 18.7 Å². The SMILES string of the molecule is CCOC(=O)c1nn(-c2ccc(F)cc2)c(=O)c2c(NC(=O)[C@H](CC)c3ccccc3)scc12. The highest BCUT2D eigenvalue weighted by Gasteiger charge is 2.25. The van der Waals surface area contributed by atoms with Crippen molar-refractivity contribution in [1.29, 1.82) is 0 Å². The van der Waals surface area contributed by atoms with Crippen molar-refractivity contribution >= 4 is 39.0 Å². The van der Waals surface area contributed by atoms with Crippen molar-refractivity contribution in [1.82, 2.24) is 9.78 Å². The number of hydrogen-bond acceptors (Lipinski definition) is 6. The predicted molar refractivity (Wildman–Crippen MR) is 129 cm³/mol. The molecule has 0 fully saturated rings. The van der Waals surface area contributed by atoms with Crippen LogP contribution in [0.5, 0.6) is 0 Å². The number of benzene rings is 2. The molecule has 0 bridgehead atoms. The number of nitrogens with one attached hydrogen (secondary N) is 1. The Hall–Kier alpha value is -3.85. The zero-order valence-corrected chi connectivity index (χ0v) is 19.4. The number of hydrogen-bond donors (Lipinski definition) is 1. The molecule has 0 saturated heterocycles. The summed E-state index contributed by atoms with van der Waals surface area (Å²) in [5.41, 5.74) is 0.533. The number of esters is 1. The van der Waals surface area contributed by atoms with Gasteiger partial charge in [-0.25, -0.2) is 9.18 Å². The second-order valence-electron chi connectivity index (χ2n) is 7.48. The van der Waals surface area contributed by atoms with Crippen LogP contribution in [0.2, 0.25) is 0 Å². The number of anilines is 1. The molecule has 2 aromatic heterocycles. The third kappa shape index (κ3) is 4.47. The second kappa shape index (κ2) is 9.96.